The lowest BCUT2D eigenvalue weighted by molar-refractivity contribution is -0.142. The van der Waals surface area contributed by atoms with Crippen molar-refractivity contribution in [2.75, 3.05) is 25.1 Å². The zero-order valence-corrected chi connectivity index (χ0v) is 9.40. The quantitative estimate of drug-likeness (QED) is 0.722. The molecule has 0 bridgehead atoms. The second-order valence-electron chi connectivity index (χ2n) is 3.25. The van der Waals surface area contributed by atoms with E-state index in [1.165, 1.54) is 12.4 Å². The van der Waals surface area contributed by atoms with Crippen molar-refractivity contribution in [1.82, 2.24) is 9.97 Å². The topological polar surface area (TPSA) is 75.3 Å². The minimum absolute atomic E-state index is 0.215. The van der Waals surface area contributed by atoms with Crippen molar-refractivity contribution in [3.8, 4) is 0 Å². The molecule has 0 spiro atoms. The van der Waals surface area contributed by atoms with Gasteiger partial charge in [0.25, 0.3) is 5.56 Å². The van der Waals surface area contributed by atoms with Crippen molar-refractivity contribution in [3.63, 3.8) is 0 Å². The highest BCUT2D eigenvalue weighted by molar-refractivity contribution is 5.70. The number of rotatable bonds is 5. The third-order valence-electron chi connectivity index (χ3n) is 2.01. The molecule has 0 saturated carbocycles. The maximum Gasteiger partial charge on any atom is 0.307 e. The Balaban J connectivity index is 2.49. The van der Waals surface area contributed by atoms with Gasteiger partial charge >= 0.3 is 5.97 Å². The molecular weight excluding hydrogens is 210 g/mol. The molecule has 1 N–H and O–H groups in total. The average molecular weight is 225 g/mol. The highest BCUT2D eigenvalue weighted by atomic mass is 16.5. The third-order valence-corrected chi connectivity index (χ3v) is 2.01. The van der Waals surface area contributed by atoms with Gasteiger partial charge in [-0.1, -0.05) is 0 Å². The average Bonchev–Trinajstić information content (AvgIpc) is 2.26. The first-order valence-corrected chi connectivity index (χ1v) is 5.05. The van der Waals surface area contributed by atoms with Crippen LogP contribution >= 0.6 is 0 Å². The lowest BCUT2D eigenvalue weighted by Gasteiger charge is -2.16. The van der Waals surface area contributed by atoms with Gasteiger partial charge < -0.3 is 14.6 Å². The number of carbonyl (C=O) groups is 1. The summed E-state index contributed by atoms with van der Waals surface area (Å²) >= 11 is 0. The van der Waals surface area contributed by atoms with Crippen molar-refractivity contribution in [2.24, 2.45) is 0 Å². The fraction of sp³-hybridized carbons (Fsp3) is 0.500. The van der Waals surface area contributed by atoms with Crippen LogP contribution in [0.25, 0.3) is 0 Å². The van der Waals surface area contributed by atoms with Crippen molar-refractivity contribution in [1.29, 1.82) is 0 Å². The van der Waals surface area contributed by atoms with Crippen molar-refractivity contribution in [2.45, 2.75) is 13.3 Å². The standard InChI is InChI=1S/C10H15N3O3/c1-3-16-10(15)4-5-13(2)8-6-9(14)12-7-11-8/h6-7H,3-5H2,1-2H3,(H,11,12,14). The fourth-order valence-electron chi connectivity index (χ4n) is 1.17. The number of hydrogen-bond donors (Lipinski definition) is 1. The molecule has 6 heteroatoms. The van der Waals surface area contributed by atoms with Gasteiger partial charge in [0.05, 0.1) is 19.4 Å². The van der Waals surface area contributed by atoms with Crippen LogP contribution in [0.15, 0.2) is 17.2 Å². The normalized spacial score (nSPS) is 9.88. The van der Waals surface area contributed by atoms with E-state index < -0.39 is 0 Å². The van der Waals surface area contributed by atoms with Crippen LogP contribution in [0.5, 0.6) is 0 Å². The Morgan fingerprint density at radius 1 is 1.62 bits per heavy atom. The molecule has 0 fully saturated rings. The van der Waals surface area contributed by atoms with Gasteiger partial charge in [-0.05, 0) is 6.92 Å². The van der Waals surface area contributed by atoms with Crippen LogP contribution < -0.4 is 10.5 Å². The van der Waals surface area contributed by atoms with Crippen LogP contribution in [0.4, 0.5) is 5.82 Å². The van der Waals surface area contributed by atoms with E-state index in [0.29, 0.717) is 19.0 Å². The summed E-state index contributed by atoms with van der Waals surface area (Å²) in [5.74, 6) is 0.284. The van der Waals surface area contributed by atoms with Gasteiger partial charge in [0.2, 0.25) is 0 Å². The minimum atomic E-state index is -0.251. The Bertz CT molecular complexity index is 402. The van der Waals surface area contributed by atoms with E-state index in [2.05, 4.69) is 9.97 Å². The van der Waals surface area contributed by atoms with E-state index >= 15 is 0 Å². The van der Waals surface area contributed by atoms with Crippen molar-refractivity contribution in [3.05, 3.63) is 22.7 Å². The smallest absolute Gasteiger partial charge is 0.307 e. The Morgan fingerprint density at radius 2 is 2.38 bits per heavy atom. The zero-order chi connectivity index (χ0) is 12.0. The summed E-state index contributed by atoms with van der Waals surface area (Å²) < 4.78 is 4.80. The monoisotopic (exact) mass is 225 g/mol. The van der Waals surface area contributed by atoms with E-state index in [1.807, 2.05) is 0 Å². The zero-order valence-electron chi connectivity index (χ0n) is 9.40. The molecule has 16 heavy (non-hydrogen) atoms. The molecule has 0 unspecified atom stereocenters. The van der Waals surface area contributed by atoms with Crippen molar-refractivity contribution < 1.29 is 9.53 Å². The number of nitrogens with one attached hydrogen (secondary N) is 1. The first-order chi connectivity index (χ1) is 7.63. The van der Waals surface area contributed by atoms with Crippen LogP contribution in [0.3, 0.4) is 0 Å². The number of aromatic nitrogens is 2. The van der Waals surface area contributed by atoms with Crippen LogP contribution in [-0.2, 0) is 9.53 Å². The molecular formula is C10H15N3O3. The fourth-order valence-corrected chi connectivity index (χ4v) is 1.17. The first-order valence-electron chi connectivity index (χ1n) is 5.05. The van der Waals surface area contributed by atoms with Gasteiger partial charge in [-0.2, -0.15) is 0 Å². The highest BCUT2D eigenvalue weighted by Crippen LogP contribution is 2.03. The Kier molecular flexibility index (Phi) is 4.50. The van der Waals surface area contributed by atoms with Gasteiger partial charge in [0, 0.05) is 19.7 Å². The predicted molar refractivity (Wildman–Crippen MR) is 59.4 cm³/mol. The number of carbonyl (C=O) groups excluding carboxylic acids is 1. The van der Waals surface area contributed by atoms with Crippen molar-refractivity contribution >= 4 is 11.8 Å². The predicted octanol–water partition coefficient (Wildman–Crippen LogP) is 0.159. The summed E-state index contributed by atoms with van der Waals surface area (Å²) in [6, 6.07) is 1.38. The molecule has 88 valence electrons. The number of nitrogens with zero attached hydrogens (tertiary/aromatic N) is 2. The largest absolute Gasteiger partial charge is 0.466 e. The summed E-state index contributed by atoms with van der Waals surface area (Å²) in [5, 5.41) is 0. The van der Waals surface area contributed by atoms with Gasteiger partial charge in [0.1, 0.15) is 5.82 Å². The lowest BCUT2D eigenvalue weighted by atomic mass is 10.4. The van der Waals surface area contributed by atoms with E-state index in [-0.39, 0.29) is 17.9 Å². The molecule has 6 nitrogen and oxygen atoms in total. The van der Waals surface area contributed by atoms with E-state index in [4.69, 9.17) is 4.74 Å². The number of aromatic amines is 1. The van der Waals surface area contributed by atoms with Gasteiger partial charge in [-0.3, -0.25) is 9.59 Å². The SMILES string of the molecule is CCOC(=O)CCN(C)c1cc(=O)[nH]cn1. The van der Waals surface area contributed by atoms with Crippen LogP contribution in [-0.4, -0.2) is 36.1 Å². The number of H-pyrrole nitrogens is 1. The number of ether oxygens (including phenoxy) is 1. The van der Waals surface area contributed by atoms with Gasteiger partial charge in [-0.15, -0.1) is 0 Å². The van der Waals surface area contributed by atoms with E-state index in [0.717, 1.165) is 0 Å². The van der Waals surface area contributed by atoms with E-state index in [1.54, 1.807) is 18.9 Å². The third kappa shape index (κ3) is 3.72. The lowest BCUT2D eigenvalue weighted by Crippen LogP contribution is -2.24. The molecule has 0 aliphatic heterocycles. The van der Waals surface area contributed by atoms with Crippen LogP contribution in [0.2, 0.25) is 0 Å². The maximum absolute atomic E-state index is 11.1. The molecule has 0 aromatic carbocycles. The molecule has 1 aromatic rings. The summed E-state index contributed by atoms with van der Waals surface area (Å²) in [4.78, 5) is 30.3. The molecule has 0 saturated heterocycles. The Morgan fingerprint density at radius 3 is 3.00 bits per heavy atom. The molecule has 1 aromatic heterocycles. The number of hydrogen-bond acceptors (Lipinski definition) is 5. The molecule has 0 atom stereocenters. The maximum atomic E-state index is 11.1. The number of esters is 1. The van der Waals surface area contributed by atoms with E-state index in [9.17, 15) is 9.59 Å². The molecule has 0 amide bonds. The summed E-state index contributed by atoms with van der Waals surface area (Å²) in [7, 11) is 1.76. The van der Waals surface area contributed by atoms with Gasteiger partial charge in [-0.25, -0.2) is 4.98 Å². The first kappa shape index (κ1) is 12.2. The van der Waals surface area contributed by atoms with Crippen LogP contribution in [0, 0.1) is 0 Å². The molecule has 0 radical (unpaired) electrons. The Labute approximate surface area is 93.3 Å². The second kappa shape index (κ2) is 5.89. The molecule has 1 rings (SSSR count). The Hall–Kier alpha value is -1.85. The summed E-state index contributed by atoms with van der Waals surface area (Å²) in [5.41, 5.74) is -0.215. The number of anilines is 1. The van der Waals surface area contributed by atoms with Crippen LogP contribution in [0.1, 0.15) is 13.3 Å². The molecule has 0 aliphatic rings. The minimum Gasteiger partial charge on any atom is -0.466 e. The summed E-state index contributed by atoms with van der Waals surface area (Å²) in [6.07, 6.45) is 1.61. The molecule has 0 aliphatic carbocycles. The second-order valence-corrected chi connectivity index (χ2v) is 3.25. The summed E-state index contributed by atoms with van der Waals surface area (Å²) in [6.45, 7) is 2.61. The highest BCUT2D eigenvalue weighted by Gasteiger charge is 2.06. The molecule has 1 heterocycles. The van der Waals surface area contributed by atoms with Gasteiger partial charge in [0.15, 0.2) is 0 Å².